The minimum absolute atomic E-state index is 0.0473. The monoisotopic (exact) mass is 290 g/mol. The summed E-state index contributed by atoms with van der Waals surface area (Å²) in [5, 5.41) is -0.0473. The number of aromatic nitrogens is 2. The Morgan fingerprint density at radius 3 is 2.70 bits per heavy atom. The van der Waals surface area contributed by atoms with E-state index >= 15 is 0 Å². The van der Waals surface area contributed by atoms with Crippen LogP contribution in [-0.4, -0.2) is 9.55 Å². The molecule has 1 fully saturated rings. The van der Waals surface area contributed by atoms with E-state index in [1.54, 1.807) is 0 Å². The third-order valence-corrected chi connectivity index (χ3v) is 4.89. The summed E-state index contributed by atoms with van der Waals surface area (Å²) >= 11 is 6.39. The van der Waals surface area contributed by atoms with Crippen LogP contribution in [-0.2, 0) is 0 Å². The fourth-order valence-corrected chi connectivity index (χ4v) is 3.88. The number of imidazole rings is 1. The molecule has 0 amide bonds. The van der Waals surface area contributed by atoms with E-state index in [1.807, 2.05) is 6.92 Å². The molecule has 0 aliphatic heterocycles. The average Bonchev–Trinajstić information content (AvgIpc) is 2.78. The molecular weight excluding hydrogens is 268 g/mol. The van der Waals surface area contributed by atoms with Crippen molar-refractivity contribution < 1.29 is 0 Å². The molecule has 0 saturated heterocycles. The molecule has 1 aromatic heterocycles. The number of fused-ring (bicyclic) bond motifs is 1. The molecule has 20 heavy (non-hydrogen) atoms. The van der Waals surface area contributed by atoms with Crippen molar-refractivity contribution in [1.82, 2.24) is 9.55 Å². The predicted molar refractivity (Wildman–Crippen MR) is 85.2 cm³/mol. The van der Waals surface area contributed by atoms with Crippen LogP contribution in [0.15, 0.2) is 24.3 Å². The number of nitrogens with zero attached hydrogens (tertiary/aromatic N) is 2. The van der Waals surface area contributed by atoms with Crippen LogP contribution in [0, 0.1) is 11.8 Å². The van der Waals surface area contributed by atoms with E-state index in [9.17, 15) is 0 Å². The Bertz CT molecular complexity index is 602. The Kier molecular flexibility index (Phi) is 3.76. The van der Waals surface area contributed by atoms with Crippen molar-refractivity contribution in [3.63, 3.8) is 0 Å². The largest absolute Gasteiger partial charge is 0.323 e. The summed E-state index contributed by atoms with van der Waals surface area (Å²) in [6.07, 6.45) is 3.84. The van der Waals surface area contributed by atoms with E-state index in [1.165, 1.54) is 24.8 Å². The van der Waals surface area contributed by atoms with Crippen LogP contribution in [0.2, 0.25) is 0 Å². The number of hydrogen-bond acceptors (Lipinski definition) is 1. The second kappa shape index (κ2) is 5.40. The Morgan fingerprint density at radius 1 is 1.25 bits per heavy atom. The molecule has 0 N–H and O–H groups in total. The number of halogens is 1. The van der Waals surface area contributed by atoms with Gasteiger partial charge in [-0.05, 0) is 50.2 Å². The van der Waals surface area contributed by atoms with Gasteiger partial charge < -0.3 is 4.57 Å². The minimum Gasteiger partial charge on any atom is -0.323 e. The maximum Gasteiger partial charge on any atom is 0.127 e. The third-order valence-electron chi connectivity index (χ3n) is 4.70. The number of alkyl halides is 1. The predicted octanol–water partition coefficient (Wildman–Crippen LogP) is 5.33. The summed E-state index contributed by atoms with van der Waals surface area (Å²) in [6, 6.07) is 8.95. The molecule has 0 bridgehead atoms. The highest BCUT2D eigenvalue weighted by Crippen LogP contribution is 2.40. The zero-order valence-electron chi connectivity index (χ0n) is 12.5. The lowest BCUT2D eigenvalue weighted by atomic mass is 9.79. The van der Waals surface area contributed by atoms with Crippen molar-refractivity contribution in [3.05, 3.63) is 30.1 Å². The first-order valence-corrected chi connectivity index (χ1v) is 8.12. The van der Waals surface area contributed by atoms with Crippen molar-refractivity contribution in [2.45, 2.75) is 51.5 Å². The van der Waals surface area contributed by atoms with Crippen molar-refractivity contribution >= 4 is 22.6 Å². The molecule has 108 valence electrons. The molecule has 3 rings (SSSR count). The van der Waals surface area contributed by atoms with Gasteiger partial charge >= 0.3 is 0 Å². The van der Waals surface area contributed by atoms with Gasteiger partial charge in [0.1, 0.15) is 5.82 Å². The molecule has 3 heteroatoms. The van der Waals surface area contributed by atoms with Gasteiger partial charge in [0.15, 0.2) is 0 Å². The van der Waals surface area contributed by atoms with Gasteiger partial charge in [0.25, 0.3) is 0 Å². The van der Waals surface area contributed by atoms with Crippen LogP contribution < -0.4 is 0 Å². The highest BCUT2D eigenvalue weighted by molar-refractivity contribution is 6.20. The minimum atomic E-state index is -0.0473. The second-order valence-corrected chi connectivity index (χ2v) is 7.06. The van der Waals surface area contributed by atoms with Crippen molar-refractivity contribution in [3.8, 4) is 0 Å². The molecule has 4 atom stereocenters. The van der Waals surface area contributed by atoms with Gasteiger partial charge in [0.2, 0.25) is 0 Å². The fraction of sp³-hybridized carbons (Fsp3) is 0.588. The highest BCUT2D eigenvalue weighted by atomic mass is 35.5. The Morgan fingerprint density at radius 2 is 2.00 bits per heavy atom. The second-order valence-electron chi connectivity index (χ2n) is 6.41. The topological polar surface area (TPSA) is 17.8 Å². The summed E-state index contributed by atoms with van der Waals surface area (Å²) < 4.78 is 2.42. The van der Waals surface area contributed by atoms with E-state index < -0.39 is 0 Å². The molecule has 2 nitrogen and oxygen atoms in total. The third kappa shape index (κ3) is 2.35. The van der Waals surface area contributed by atoms with Crippen LogP contribution in [0.1, 0.15) is 57.3 Å². The number of rotatable bonds is 2. The van der Waals surface area contributed by atoms with E-state index in [0.29, 0.717) is 12.0 Å². The van der Waals surface area contributed by atoms with Crippen LogP contribution in [0.4, 0.5) is 0 Å². The SMILES string of the molecule is CC1CCC(n2c(C(C)Cl)nc3ccccc32)C(C)C1. The van der Waals surface area contributed by atoms with E-state index in [0.717, 1.165) is 17.3 Å². The quantitative estimate of drug-likeness (QED) is 0.683. The molecule has 4 unspecified atom stereocenters. The average molecular weight is 291 g/mol. The number of hydrogen-bond donors (Lipinski definition) is 0. The Balaban J connectivity index is 2.11. The molecule has 1 aliphatic rings. The molecule has 2 aromatic rings. The first-order valence-electron chi connectivity index (χ1n) is 7.69. The molecule has 0 radical (unpaired) electrons. The van der Waals surface area contributed by atoms with Crippen molar-refractivity contribution in [2.24, 2.45) is 11.8 Å². The van der Waals surface area contributed by atoms with Gasteiger partial charge in [-0.3, -0.25) is 0 Å². The lowest BCUT2D eigenvalue weighted by Gasteiger charge is -2.35. The van der Waals surface area contributed by atoms with Crippen molar-refractivity contribution in [1.29, 1.82) is 0 Å². The lowest BCUT2D eigenvalue weighted by molar-refractivity contribution is 0.208. The summed E-state index contributed by atoms with van der Waals surface area (Å²) in [5.74, 6) is 2.55. The molecule has 0 spiro atoms. The Labute approximate surface area is 126 Å². The summed E-state index contributed by atoms with van der Waals surface area (Å²) in [6.45, 7) is 6.76. The maximum atomic E-state index is 6.39. The first kappa shape index (κ1) is 13.9. The van der Waals surface area contributed by atoms with Crippen LogP contribution in [0.5, 0.6) is 0 Å². The van der Waals surface area contributed by atoms with Crippen LogP contribution in [0.25, 0.3) is 11.0 Å². The van der Waals surface area contributed by atoms with Gasteiger partial charge in [0.05, 0.1) is 16.4 Å². The van der Waals surface area contributed by atoms with Gasteiger partial charge in [-0.1, -0.05) is 26.0 Å². The van der Waals surface area contributed by atoms with Gasteiger partial charge in [0, 0.05) is 6.04 Å². The summed E-state index contributed by atoms with van der Waals surface area (Å²) in [5.41, 5.74) is 2.31. The van der Waals surface area contributed by atoms with Crippen molar-refractivity contribution in [2.75, 3.05) is 0 Å². The zero-order chi connectivity index (χ0) is 14.3. The van der Waals surface area contributed by atoms with Gasteiger partial charge in [-0.2, -0.15) is 0 Å². The molecular formula is C17H23ClN2. The molecule has 1 heterocycles. The van der Waals surface area contributed by atoms with Crippen LogP contribution in [0.3, 0.4) is 0 Å². The normalized spacial score (nSPS) is 28.7. The molecule has 1 aromatic carbocycles. The van der Waals surface area contributed by atoms with E-state index in [4.69, 9.17) is 16.6 Å². The van der Waals surface area contributed by atoms with E-state index in [-0.39, 0.29) is 5.38 Å². The molecule has 1 saturated carbocycles. The fourth-order valence-electron chi connectivity index (χ4n) is 3.73. The number of para-hydroxylation sites is 2. The highest BCUT2D eigenvalue weighted by Gasteiger charge is 2.30. The van der Waals surface area contributed by atoms with E-state index in [2.05, 4.69) is 42.7 Å². The summed E-state index contributed by atoms with van der Waals surface area (Å²) in [4.78, 5) is 4.77. The standard InChI is InChI=1S/C17H23ClN2/c1-11-8-9-15(12(2)10-11)20-16-7-5-4-6-14(16)19-17(20)13(3)18/h4-7,11-13,15H,8-10H2,1-3H3. The maximum absolute atomic E-state index is 6.39. The lowest BCUT2D eigenvalue weighted by Crippen LogP contribution is -2.26. The van der Waals surface area contributed by atoms with Crippen LogP contribution >= 0.6 is 11.6 Å². The van der Waals surface area contributed by atoms with Gasteiger partial charge in [-0.25, -0.2) is 4.98 Å². The Hall–Kier alpha value is -1.02. The smallest absolute Gasteiger partial charge is 0.127 e. The van der Waals surface area contributed by atoms with Gasteiger partial charge in [-0.15, -0.1) is 11.6 Å². The number of benzene rings is 1. The molecule has 1 aliphatic carbocycles. The first-order chi connectivity index (χ1) is 9.58. The summed E-state index contributed by atoms with van der Waals surface area (Å²) in [7, 11) is 0. The zero-order valence-corrected chi connectivity index (χ0v) is 13.3.